The molecule has 0 saturated carbocycles. The summed E-state index contributed by atoms with van der Waals surface area (Å²) in [6.45, 7) is 0. The second-order valence-corrected chi connectivity index (χ2v) is 7.69. The van der Waals surface area contributed by atoms with Crippen LogP contribution in [0.4, 0.5) is 0 Å². The van der Waals surface area contributed by atoms with E-state index in [1.807, 2.05) is 54.6 Å². The molecule has 1 aliphatic rings. The lowest BCUT2D eigenvalue weighted by Gasteiger charge is -2.09. The lowest BCUT2D eigenvalue weighted by molar-refractivity contribution is -0.110. The second kappa shape index (κ2) is 8.59. The van der Waals surface area contributed by atoms with Crippen molar-refractivity contribution in [2.24, 2.45) is 0 Å². The quantitative estimate of drug-likeness (QED) is 0.488. The Balaban J connectivity index is 1.65. The van der Waals surface area contributed by atoms with E-state index in [0.29, 0.717) is 23.5 Å². The Morgan fingerprint density at radius 1 is 0.970 bits per heavy atom. The predicted molar refractivity (Wildman–Crippen MR) is 127 cm³/mol. The summed E-state index contributed by atoms with van der Waals surface area (Å²) in [5, 5.41) is 11.0. The Kier molecular flexibility index (Phi) is 5.32. The number of methoxy groups -OCH3 is 1. The van der Waals surface area contributed by atoms with E-state index < -0.39 is 0 Å². The molecular formula is C27H21N3O3. The van der Waals surface area contributed by atoms with Crippen LogP contribution in [0, 0.1) is 0 Å². The number of carbonyl (C=O) groups is 1. The molecule has 162 valence electrons. The van der Waals surface area contributed by atoms with Gasteiger partial charge in [0.15, 0.2) is 11.4 Å². The van der Waals surface area contributed by atoms with Gasteiger partial charge in [-0.05, 0) is 53.6 Å². The highest BCUT2D eigenvalue weighted by Crippen LogP contribution is 2.29. The van der Waals surface area contributed by atoms with Crippen molar-refractivity contribution in [1.82, 2.24) is 14.4 Å². The Labute approximate surface area is 190 Å². The Hall–Kier alpha value is -4.45. The van der Waals surface area contributed by atoms with Crippen LogP contribution >= 0.6 is 0 Å². The van der Waals surface area contributed by atoms with E-state index in [2.05, 4.69) is 4.98 Å². The molecule has 2 heterocycles. The first-order valence-electron chi connectivity index (χ1n) is 10.5. The number of ether oxygens (including phenoxy) is 1. The third-order valence-electron chi connectivity index (χ3n) is 5.46. The van der Waals surface area contributed by atoms with E-state index >= 15 is 0 Å². The lowest BCUT2D eigenvalue weighted by atomic mass is 10.1. The van der Waals surface area contributed by atoms with Crippen LogP contribution < -0.4 is 4.74 Å². The molecule has 2 aromatic heterocycles. The number of hydrogen-bond acceptors (Lipinski definition) is 5. The average molecular weight is 435 g/mol. The third kappa shape index (κ3) is 4.19. The number of carbonyl (C=O) groups excluding carboxylic acids is 1. The van der Waals surface area contributed by atoms with Crippen LogP contribution in [0.15, 0.2) is 90.7 Å². The molecule has 1 N–H and O–H groups in total. The molecular weight excluding hydrogens is 414 g/mol. The van der Waals surface area contributed by atoms with E-state index in [4.69, 9.17) is 9.72 Å². The molecule has 6 nitrogen and oxygen atoms in total. The summed E-state index contributed by atoms with van der Waals surface area (Å²) in [6, 6.07) is 17.7. The molecule has 0 fully saturated rings. The maximum Gasteiger partial charge on any atom is 0.223 e. The number of fused-ring (bicyclic) bond motifs is 1. The van der Waals surface area contributed by atoms with Gasteiger partial charge in [0.25, 0.3) is 0 Å². The molecule has 0 spiro atoms. The lowest BCUT2D eigenvalue weighted by Crippen LogP contribution is -2.01. The van der Waals surface area contributed by atoms with Crippen molar-refractivity contribution in [2.45, 2.75) is 6.42 Å². The molecule has 0 aliphatic heterocycles. The smallest absolute Gasteiger partial charge is 0.223 e. The molecule has 2 aromatic carbocycles. The number of hydrogen-bond donors (Lipinski definition) is 1. The largest absolute Gasteiger partial charge is 0.497 e. The minimum atomic E-state index is -0.0649. The Morgan fingerprint density at radius 2 is 1.70 bits per heavy atom. The monoisotopic (exact) mass is 435 g/mol. The molecule has 0 amide bonds. The first-order valence-corrected chi connectivity index (χ1v) is 10.5. The molecule has 0 atom stereocenters. The summed E-state index contributed by atoms with van der Waals surface area (Å²) >= 11 is 0. The van der Waals surface area contributed by atoms with E-state index in [0.717, 1.165) is 28.1 Å². The van der Waals surface area contributed by atoms with Gasteiger partial charge in [-0.15, -0.1) is 0 Å². The van der Waals surface area contributed by atoms with E-state index in [9.17, 15) is 9.90 Å². The van der Waals surface area contributed by atoms with Gasteiger partial charge in [0.05, 0.1) is 18.5 Å². The van der Waals surface area contributed by atoms with Gasteiger partial charge in [-0.1, -0.05) is 42.5 Å². The third-order valence-corrected chi connectivity index (χ3v) is 5.46. The zero-order valence-corrected chi connectivity index (χ0v) is 18.0. The van der Waals surface area contributed by atoms with Gasteiger partial charge < -0.3 is 9.84 Å². The van der Waals surface area contributed by atoms with Crippen LogP contribution in [-0.2, 0) is 11.2 Å². The van der Waals surface area contributed by atoms with Gasteiger partial charge in [0.2, 0.25) is 5.88 Å². The van der Waals surface area contributed by atoms with Crippen molar-refractivity contribution in [1.29, 1.82) is 0 Å². The fraction of sp³-hybridized carbons (Fsp3) is 0.0741. The number of imidazole rings is 1. The summed E-state index contributed by atoms with van der Waals surface area (Å²) in [5.74, 6) is 0.711. The first-order chi connectivity index (χ1) is 16.1. The number of aromatic hydroxyl groups is 1. The molecule has 0 radical (unpaired) electrons. The van der Waals surface area contributed by atoms with Gasteiger partial charge in [-0.2, -0.15) is 0 Å². The van der Waals surface area contributed by atoms with Crippen LogP contribution in [0.2, 0.25) is 0 Å². The van der Waals surface area contributed by atoms with Gasteiger partial charge in [0, 0.05) is 18.2 Å². The standard InChI is InChI=1S/C27H21N3O3/c1-33-22-13-9-20(10-14-22)25-17-30-26(23(28-25)15-18-5-3-2-4-6-18)29-24(27(30)32)16-19-7-11-21(31)12-8-19/h2-14,16-17,32H,15H2,1H3. The van der Waals surface area contributed by atoms with Crippen LogP contribution in [0.3, 0.4) is 0 Å². The van der Waals surface area contributed by atoms with Gasteiger partial charge in [-0.3, -0.25) is 9.20 Å². The van der Waals surface area contributed by atoms with Crippen molar-refractivity contribution < 1.29 is 14.6 Å². The Morgan fingerprint density at radius 3 is 2.39 bits per heavy atom. The highest BCUT2D eigenvalue weighted by atomic mass is 16.5. The number of nitrogens with zero attached hydrogens (tertiary/aromatic N) is 3. The number of aromatic nitrogens is 3. The minimum absolute atomic E-state index is 0.0164. The van der Waals surface area contributed by atoms with E-state index in [1.165, 1.54) is 12.2 Å². The molecule has 5 rings (SSSR count). The Bertz CT molecular complexity index is 1410. The molecule has 33 heavy (non-hydrogen) atoms. The zero-order chi connectivity index (χ0) is 22.8. The molecule has 6 heteroatoms. The average Bonchev–Trinajstić information content (AvgIpc) is 3.17. The molecule has 1 aliphatic carbocycles. The fourth-order valence-electron chi connectivity index (χ4n) is 3.74. The summed E-state index contributed by atoms with van der Waals surface area (Å²) in [7, 11) is 1.63. The van der Waals surface area contributed by atoms with Crippen molar-refractivity contribution >= 4 is 17.5 Å². The first kappa shape index (κ1) is 20.5. The molecule has 4 aromatic rings. The zero-order valence-electron chi connectivity index (χ0n) is 18.0. The number of allylic oxidation sites excluding steroid dienone is 5. The maximum absolute atomic E-state index is 11.4. The van der Waals surface area contributed by atoms with Crippen molar-refractivity contribution in [3.63, 3.8) is 0 Å². The van der Waals surface area contributed by atoms with Crippen LogP contribution in [0.5, 0.6) is 11.6 Å². The predicted octanol–water partition coefficient (Wildman–Crippen LogP) is 4.78. The minimum Gasteiger partial charge on any atom is -0.497 e. The van der Waals surface area contributed by atoms with Crippen molar-refractivity contribution in [2.75, 3.05) is 7.11 Å². The normalized spacial score (nSPS) is 13.0. The summed E-state index contributed by atoms with van der Waals surface area (Å²) in [4.78, 5) is 21.0. The van der Waals surface area contributed by atoms with Crippen LogP contribution in [0.1, 0.15) is 17.0 Å². The summed E-state index contributed by atoms with van der Waals surface area (Å²) in [6.07, 6.45) is 10.5. The molecule has 0 unspecified atom stereocenters. The summed E-state index contributed by atoms with van der Waals surface area (Å²) in [5.41, 5.74) is 5.23. The molecule has 0 saturated heterocycles. The number of ketones is 1. The summed E-state index contributed by atoms with van der Waals surface area (Å²) < 4.78 is 6.93. The van der Waals surface area contributed by atoms with Crippen LogP contribution in [-0.4, -0.2) is 32.4 Å². The van der Waals surface area contributed by atoms with Gasteiger partial charge in [0.1, 0.15) is 11.4 Å². The van der Waals surface area contributed by atoms with E-state index in [-0.39, 0.29) is 11.7 Å². The second-order valence-electron chi connectivity index (χ2n) is 7.69. The highest BCUT2D eigenvalue weighted by molar-refractivity contribution is 6.01. The van der Waals surface area contributed by atoms with Crippen LogP contribution in [0.25, 0.3) is 23.0 Å². The van der Waals surface area contributed by atoms with E-state index in [1.54, 1.807) is 35.9 Å². The highest BCUT2D eigenvalue weighted by Gasteiger charge is 2.17. The fourth-order valence-corrected chi connectivity index (χ4v) is 3.74. The SMILES string of the molecule is COc1ccc(-c2cn3c(O)c(C=C4C=CC(=O)C=C4)nc3c(Cc3ccccc3)n2)cc1. The van der Waals surface area contributed by atoms with Gasteiger partial charge >= 0.3 is 0 Å². The number of benzene rings is 2. The molecule has 0 bridgehead atoms. The maximum atomic E-state index is 11.4. The number of rotatable bonds is 5. The van der Waals surface area contributed by atoms with Crippen molar-refractivity contribution in [3.8, 4) is 22.9 Å². The van der Waals surface area contributed by atoms with Gasteiger partial charge in [-0.25, -0.2) is 9.97 Å². The topological polar surface area (TPSA) is 76.7 Å². The van der Waals surface area contributed by atoms with Crippen molar-refractivity contribution in [3.05, 3.63) is 108 Å².